The number of amides is 1. The van der Waals surface area contributed by atoms with Crippen molar-refractivity contribution in [3.63, 3.8) is 0 Å². The van der Waals surface area contributed by atoms with Gasteiger partial charge in [0.05, 0.1) is 0 Å². The van der Waals surface area contributed by atoms with Gasteiger partial charge in [-0.25, -0.2) is 0 Å². The molecule has 20 heavy (non-hydrogen) atoms. The zero-order valence-electron chi connectivity index (χ0n) is 13.3. The van der Waals surface area contributed by atoms with Gasteiger partial charge in [-0.05, 0) is 18.8 Å². The van der Waals surface area contributed by atoms with E-state index in [1.165, 1.54) is 25.7 Å². The van der Waals surface area contributed by atoms with E-state index in [2.05, 4.69) is 27.9 Å². The van der Waals surface area contributed by atoms with E-state index in [0.717, 1.165) is 11.9 Å². The van der Waals surface area contributed by atoms with Gasteiger partial charge in [0, 0.05) is 32.1 Å². The Bertz CT molecular complexity index is 328. The molecule has 0 saturated heterocycles. The summed E-state index contributed by atoms with van der Waals surface area (Å²) in [4.78, 5) is 15.7. The fourth-order valence-corrected chi connectivity index (χ4v) is 2.52. The van der Waals surface area contributed by atoms with Gasteiger partial charge in [0.15, 0.2) is 5.96 Å². The number of aliphatic imine (C=N–C) groups is 1. The lowest BCUT2D eigenvalue weighted by atomic mass is 9.87. The second kappa shape index (κ2) is 8.82. The standard InChI is InChI=1S/C15H30N4O/c1-11(2)14(20)17-8-9-18-15(16-4)19-13-7-5-6-12(3)10-13/h11-13H,5-10H2,1-4H3,(H,17,20)(H2,16,18,19). The van der Waals surface area contributed by atoms with E-state index in [4.69, 9.17) is 0 Å². The van der Waals surface area contributed by atoms with Crippen LogP contribution in [0, 0.1) is 11.8 Å². The number of rotatable bonds is 5. The quantitative estimate of drug-likeness (QED) is 0.407. The predicted molar refractivity (Wildman–Crippen MR) is 83.8 cm³/mol. The molecule has 1 rings (SSSR count). The van der Waals surface area contributed by atoms with Crippen molar-refractivity contribution in [3.05, 3.63) is 0 Å². The first-order valence-electron chi connectivity index (χ1n) is 7.77. The van der Waals surface area contributed by atoms with Crippen molar-refractivity contribution in [1.82, 2.24) is 16.0 Å². The minimum Gasteiger partial charge on any atom is -0.355 e. The predicted octanol–water partition coefficient (Wildman–Crippen LogP) is 1.50. The Hall–Kier alpha value is -1.26. The van der Waals surface area contributed by atoms with Crippen molar-refractivity contribution in [3.8, 4) is 0 Å². The summed E-state index contributed by atoms with van der Waals surface area (Å²) >= 11 is 0. The molecule has 0 heterocycles. The van der Waals surface area contributed by atoms with Crippen molar-refractivity contribution in [2.24, 2.45) is 16.8 Å². The van der Waals surface area contributed by atoms with Gasteiger partial charge in [-0.1, -0.05) is 33.6 Å². The third-order valence-corrected chi connectivity index (χ3v) is 3.74. The minimum atomic E-state index is 0.0381. The molecule has 1 aliphatic carbocycles. The SMILES string of the molecule is CN=C(NCCNC(=O)C(C)C)NC1CCCC(C)C1. The molecule has 0 bridgehead atoms. The summed E-state index contributed by atoms with van der Waals surface area (Å²) in [6, 6.07) is 0.523. The summed E-state index contributed by atoms with van der Waals surface area (Å²) in [5, 5.41) is 9.61. The lowest BCUT2D eigenvalue weighted by Crippen LogP contribution is -2.47. The van der Waals surface area contributed by atoms with Crippen LogP contribution in [0.2, 0.25) is 0 Å². The average Bonchev–Trinajstić information content (AvgIpc) is 2.41. The van der Waals surface area contributed by atoms with Gasteiger partial charge in [0.25, 0.3) is 0 Å². The van der Waals surface area contributed by atoms with Crippen molar-refractivity contribution in [2.45, 2.75) is 52.5 Å². The molecule has 0 radical (unpaired) electrons. The van der Waals surface area contributed by atoms with Crippen molar-refractivity contribution < 1.29 is 4.79 Å². The van der Waals surface area contributed by atoms with Crippen LogP contribution in [0.4, 0.5) is 0 Å². The molecule has 1 saturated carbocycles. The molecule has 116 valence electrons. The fourth-order valence-electron chi connectivity index (χ4n) is 2.52. The first-order valence-corrected chi connectivity index (χ1v) is 7.77. The number of hydrogen-bond donors (Lipinski definition) is 3. The number of hydrogen-bond acceptors (Lipinski definition) is 2. The average molecular weight is 282 g/mol. The van der Waals surface area contributed by atoms with Crippen LogP contribution in [0.3, 0.4) is 0 Å². The van der Waals surface area contributed by atoms with Gasteiger partial charge >= 0.3 is 0 Å². The second-order valence-corrected chi connectivity index (χ2v) is 6.06. The number of nitrogens with one attached hydrogen (secondary N) is 3. The molecule has 0 aromatic carbocycles. The van der Waals surface area contributed by atoms with Crippen LogP contribution in [0.15, 0.2) is 4.99 Å². The molecular formula is C15H30N4O. The van der Waals surface area contributed by atoms with Crippen molar-refractivity contribution >= 4 is 11.9 Å². The van der Waals surface area contributed by atoms with Gasteiger partial charge in [-0.3, -0.25) is 9.79 Å². The van der Waals surface area contributed by atoms with Crippen LogP contribution in [0.25, 0.3) is 0 Å². The summed E-state index contributed by atoms with van der Waals surface area (Å²) < 4.78 is 0. The third kappa shape index (κ3) is 6.26. The van der Waals surface area contributed by atoms with Crippen molar-refractivity contribution in [2.75, 3.05) is 20.1 Å². The Morgan fingerprint density at radius 1 is 1.25 bits per heavy atom. The summed E-state index contributed by atoms with van der Waals surface area (Å²) in [6.07, 6.45) is 5.06. The lowest BCUT2D eigenvalue weighted by molar-refractivity contribution is -0.123. The summed E-state index contributed by atoms with van der Waals surface area (Å²) in [7, 11) is 1.79. The van der Waals surface area contributed by atoms with Gasteiger partial charge in [0.2, 0.25) is 5.91 Å². The highest BCUT2D eigenvalue weighted by Crippen LogP contribution is 2.23. The second-order valence-electron chi connectivity index (χ2n) is 6.06. The molecule has 3 N–H and O–H groups in total. The Kier molecular flexibility index (Phi) is 7.41. The molecule has 5 heteroatoms. The number of carbonyl (C=O) groups is 1. The fraction of sp³-hybridized carbons (Fsp3) is 0.867. The van der Waals surface area contributed by atoms with Crippen LogP contribution >= 0.6 is 0 Å². The lowest BCUT2D eigenvalue weighted by Gasteiger charge is -2.28. The van der Waals surface area contributed by atoms with Crippen LogP contribution in [-0.4, -0.2) is 38.0 Å². The molecular weight excluding hydrogens is 252 g/mol. The molecule has 1 fully saturated rings. The summed E-state index contributed by atoms with van der Waals surface area (Å²) in [5.74, 6) is 1.76. The number of carbonyl (C=O) groups excluding carboxylic acids is 1. The third-order valence-electron chi connectivity index (χ3n) is 3.74. The normalized spacial score (nSPS) is 23.6. The van der Waals surface area contributed by atoms with E-state index in [0.29, 0.717) is 19.1 Å². The van der Waals surface area contributed by atoms with E-state index in [1.54, 1.807) is 7.05 Å². The van der Waals surface area contributed by atoms with Gasteiger partial charge < -0.3 is 16.0 Å². The van der Waals surface area contributed by atoms with Crippen LogP contribution in [0.5, 0.6) is 0 Å². The maximum Gasteiger partial charge on any atom is 0.222 e. The Morgan fingerprint density at radius 2 is 1.95 bits per heavy atom. The highest BCUT2D eigenvalue weighted by Gasteiger charge is 2.19. The van der Waals surface area contributed by atoms with E-state index in [-0.39, 0.29) is 11.8 Å². The Morgan fingerprint density at radius 3 is 2.55 bits per heavy atom. The smallest absolute Gasteiger partial charge is 0.222 e. The molecule has 1 amide bonds. The van der Waals surface area contributed by atoms with Crippen molar-refractivity contribution in [1.29, 1.82) is 0 Å². The van der Waals surface area contributed by atoms with Crippen LogP contribution < -0.4 is 16.0 Å². The number of guanidine groups is 1. The Balaban J connectivity index is 2.21. The summed E-state index contributed by atoms with van der Waals surface area (Å²) in [5.41, 5.74) is 0. The molecule has 0 aromatic rings. The maximum absolute atomic E-state index is 11.4. The Labute approximate surface area is 123 Å². The first-order chi connectivity index (χ1) is 9.52. The molecule has 2 unspecified atom stereocenters. The van der Waals surface area contributed by atoms with Gasteiger partial charge in [-0.15, -0.1) is 0 Å². The highest BCUT2D eigenvalue weighted by atomic mass is 16.1. The minimum absolute atomic E-state index is 0.0381. The first kappa shape index (κ1) is 16.8. The zero-order chi connectivity index (χ0) is 15.0. The zero-order valence-corrected chi connectivity index (χ0v) is 13.3. The van der Waals surface area contributed by atoms with Gasteiger partial charge in [-0.2, -0.15) is 0 Å². The molecule has 0 aliphatic heterocycles. The molecule has 0 aromatic heterocycles. The van der Waals surface area contributed by atoms with E-state index >= 15 is 0 Å². The molecule has 0 spiro atoms. The monoisotopic (exact) mass is 282 g/mol. The topological polar surface area (TPSA) is 65.5 Å². The molecule has 2 atom stereocenters. The van der Waals surface area contributed by atoms with E-state index in [1.807, 2.05) is 13.8 Å². The summed E-state index contributed by atoms with van der Waals surface area (Å²) in [6.45, 7) is 7.42. The highest BCUT2D eigenvalue weighted by molar-refractivity contribution is 5.80. The maximum atomic E-state index is 11.4. The molecule has 1 aliphatic rings. The number of nitrogens with zero attached hydrogens (tertiary/aromatic N) is 1. The van der Waals surface area contributed by atoms with Crippen LogP contribution in [0.1, 0.15) is 46.5 Å². The molecule has 5 nitrogen and oxygen atoms in total. The van der Waals surface area contributed by atoms with Gasteiger partial charge in [0.1, 0.15) is 0 Å². The van der Waals surface area contributed by atoms with E-state index < -0.39 is 0 Å². The van der Waals surface area contributed by atoms with E-state index in [9.17, 15) is 4.79 Å². The largest absolute Gasteiger partial charge is 0.355 e. The van der Waals surface area contributed by atoms with Crippen LogP contribution in [-0.2, 0) is 4.79 Å².